The SMILES string of the molecule is C=C[C@H]([C@H](C(=O)OC)[C@H](O)/C=C/CS(=O)(=O)c1ccc(C)cc1)[Si](C)(C)c1ccccc1. The van der Waals surface area contributed by atoms with Crippen molar-refractivity contribution in [2.45, 2.75) is 36.6 Å². The van der Waals surface area contributed by atoms with Gasteiger partial charge >= 0.3 is 5.97 Å². The molecule has 3 atom stereocenters. The van der Waals surface area contributed by atoms with Gasteiger partial charge in [-0.1, -0.05) is 84.5 Å². The summed E-state index contributed by atoms with van der Waals surface area (Å²) in [6, 6.07) is 16.5. The molecule has 2 aromatic carbocycles. The minimum absolute atomic E-state index is 0.216. The van der Waals surface area contributed by atoms with Gasteiger partial charge in [-0.25, -0.2) is 8.42 Å². The van der Waals surface area contributed by atoms with Gasteiger partial charge in [-0.15, -0.1) is 6.58 Å². The summed E-state index contributed by atoms with van der Waals surface area (Å²) < 4.78 is 30.2. The fourth-order valence-corrected chi connectivity index (χ4v) is 8.23. The van der Waals surface area contributed by atoms with Gasteiger partial charge in [0.15, 0.2) is 9.84 Å². The summed E-state index contributed by atoms with van der Waals surface area (Å²) in [5.41, 5.74) is 0.641. The first-order valence-corrected chi connectivity index (χ1v) is 15.2. The summed E-state index contributed by atoms with van der Waals surface area (Å²) in [6.07, 6.45) is 3.27. The molecule has 0 aliphatic rings. The number of aliphatic hydroxyl groups is 1. The molecule has 0 radical (unpaired) electrons. The number of esters is 1. The minimum atomic E-state index is -3.55. The van der Waals surface area contributed by atoms with E-state index in [1.807, 2.05) is 37.3 Å². The second-order valence-electron chi connectivity index (χ2n) is 8.41. The van der Waals surface area contributed by atoms with Crippen molar-refractivity contribution in [3.63, 3.8) is 0 Å². The van der Waals surface area contributed by atoms with Gasteiger partial charge in [-0.05, 0) is 24.6 Å². The average molecular weight is 473 g/mol. The van der Waals surface area contributed by atoms with Crippen molar-refractivity contribution < 1.29 is 23.1 Å². The van der Waals surface area contributed by atoms with Gasteiger partial charge in [-0.2, -0.15) is 0 Å². The van der Waals surface area contributed by atoms with Crippen LogP contribution in [0.1, 0.15) is 5.56 Å². The maximum Gasteiger partial charge on any atom is 0.311 e. The van der Waals surface area contributed by atoms with Crippen LogP contribution in [0, 0.1) is 12.8 Å². The van der Waals surface area contributed by atoms with Crippen molar-refractivity contribution in [2.75, 3.05) is 12.9 Å². The number of benzene rings is 2. The van der Waals surface area contributed by atoms with Crippen LogP contribution in [0.5, 0.6) is 0 Å². The number of allylic oxidation sites excluding steroid dienone is 1. The van der Waals surface area contributed by atoms with E-state index in [9.17, 15) is 18.3 Å². The number of hydrogen-bond donors (Lipinski definition) is 1. The number of sulfone groups is 1. The lowest BCUT2D eigenvalue weighted by atomic mass is 9.97. The first kappa shape index (κ1) is 25.8. The number of aliphatic hydroxyl groups excluding tert-OH is 1. The van der Waals surface area contributed by atoms with Crippen LogP contribution < -0.4 is 5.19 Å². The number of rotatable bonds is 10. The average Bonchev–Trinajstić information content (AvgIpc) is 2.77. The Labute approximate surface area is 192 Å². The molecule has 0 aliphatic carbocycles. The van der Waals surface area contributed by atoms with Crippen LogP contribution in [0.3, 0.4) is 0 Å². The molecule has 32 heavy (non-hydrogen) atoms. The van der Waals surface area contributed by atoms with E-state index in [4.69, 9.17) is 4.74 Å². The van der Waals surface area contributed by atoms with E-state index in [1.165, 1.54) is 19.3 Å². The lowest BCUT2D eigenvalue weighted by Gasteiger charge is -2.36. The Balaban J connectivity index is 2.29. The van der Waals surface area contributed by atoms with Gasteiger partial charge in [0.2, 0.25) is 0 Å². The largest absolute Gasteiger partial charge is 0.469 e. The molecule has 0 aromatic heterocycles. The van der Waals surface area contributed by atoms with Gasteiger partial charge in [-0.3, -0.25) is 4.79 Å². The number of methoxy groups -OCH3 is 1. The molecule has 7 heteroatoms. The van der Waals surface area contributed by atoms with Gasteiger partial charge in [0.1, 0.15) is 0 Å². The molecule has 5 nitrogen and oxygen atoms in total. The van der Waals surface area contributed by atoms with Gasteiger partial charge in [0.05, 0.1) is 37.9 Å². The zero-order valence-electron chi connectivity index (χ0n) is 19.1. The van der Waals surface area contributed by atoms with Crippen LogP contribution in [-0.4, -0.2) is 46.5 Å². The highest BCUT2D eigenvalue weighted by molar-refractivity contribution is 7.91. The molecule has 2 aromatic rings. The van der Waals surface area contributed by atoms with Crippen LogP contribution in [0.25, 0.3) is 0 Å². The van der Waals surface area contributed by atoms with Gasteiger partial charge in [0, 0.05) is 0 Å². The molecule has 0 unspecified atom stereocenters. The van der Waals surface area contributed by atoms with E-state index in [0.29, 0.717) is 0 Å². The van der Waals surface area contributed by atoms with E-state index >= 15 is 0 Å². The molecule has 0 spiro atoms. The molecule has 0 aliphatic heterocycles. The molecule has 0 bridgehead atoms. The normalized spacial score (nSPS) is 15.2. The third kappa shape index (κ3) is 6.06. The summed E-state index contributed by atoms with van der Waals surface area (Å²) in [5, 5.41) is 12.0. The Morgan fingerprint density at radius 3 is 2.25 bits per heavy atom. The standard InChI is InChI=1S/C25H32O5SSi/c1-6-23(32(4,5)21-11-8-7-9-12-21)24(25(27)30-3)22(26)13-10-18-31(28,29)20-16-14-19(2)15-17-20/h6-17,22-24,26H,1,18H2,2-5H3/b13-10+/t22-,23-,24-/m1/s1. The summed E-state index contributed by atoms with van der Waals surface area (Å²) in [7, 11) is -4.54. The number of aryl methyl sites for hydroxylation is 1. The van der Waals surface area contributed by atoms with Crippen molar-refractivity contribution >= 4 is 29.1 Å². The van der Waals surface area contributed by atoms with Gasteiger partial charge < -0.3 is 9.84 Å². The Bertz CT molecular complexity index is 1040. The van der Waals surface area contributed by atoms with Crippen LogP contribution in [0.2, 0.25) is 18.6 Å². The highest BCUT2D eigenvalue weighted by Crippen LogP contribution is 2.35. The van der Waals surface area contributed by atoms with Crippen LogP contribution in [-0.2, 0) is 19.4 Å². The number of carbonyl (C=O) groups excluding carboxylic acids is 1. The van der Waals surface area contributed by atoms with E-state index in [1.54, 1.807) is 30.3 Å². The number of carbonyl (C=O) groups is 1. The Morgan fingerprint density at radius 1 is 1.12 bits per heavy atom. The molecule has 1 N–H and O–H groups in total. The molecule has 2 rings (SSSR count). The monoisotopic (exact) mass is 472 g/mol. The zero-order valence-corrected chi connectivity index (χ0v) is 20.9. The maximum absolute atomic E-state index is 12.7. The van der Waals surface area contributed by atoms with Crippen molar-refractivity contribution in [1.29, 1.82) is 0 Å². The van der Waals surface area contributed by atoms with Crippen molar-refractivity contribution in [3.8, 4) is 0 Å². The molecule has 0 fully saturated rings. The summed E-state index contributed by atoms with van der Waals surface area (Å²) in [4.78, 5) is 12.9. The molecule has 172 valence electrons. The van der Waals surface area contributed by atoms with Crippen LogP contribution in [0.4, 0.5) is 0 Å². The number of ether oxygens (including phenoxy) is 1. The van der Waals surface area contributed by atoms with Crippen molar-refractivity contribution in [2.24, 2.45) is 5.92 Å². The summed E-state index contributed by atoms with van der Waals surface area (Å²) in [6.45, 7) is 10.0. The quantitative estimate of drug-likeness (QED) is 0.324. The van der Waals surface area contributed by atoms with Crippen LogP contribution >= 0.6 is 0 Å². The van der Waals surface area contributed by atoms with E-state index in [0.717, 1.165) is 10.8 Å². The topological polar surface area (TPSA) is 80.7 Å². The Kier molecular flexibility index (Phi) is 8.78. The first-order valence-electron chi connectivity index (χ1n) is 10.4. The molecule has 0 heterocycles. The van der Waals surface area contributed by atoms with Crippen molar-refractivity contribution in [3.05, 3.63) is 85.0 Å². The third-order valence-corrected chi connectivity index (χ3v) is 11.6. The number of hydrogen-bond acceptors (Lipinski definition) is 5. The second-order valence-corrected chi connectivity index (χ2v) is 15.1. The fourth-order valence-electron chi connectivity index (χ4n) is 3.87. The highest BCUT2D eigenvalue weighted by Gasteiger charge is 2.43. The third-order valence-electron chi connectivity index (χ3n) is 5.86. The summed E-state index contributed by atoms with van der Waals surface area (Å²) >= 11 is 0. The van der Waals surface area contributed by atoms with Crippen molar-refractivity contribution in [1.82, 2.24) is 0 Å². The predicted octanol–water partition coefficient (Wildman–Crippen LogP) is 3.65. The van der Waals surface area contributed by atoms with E-state index in [-0.39, 0.29) is 16.2 Å². The molecular formula is C25H32O5SSi. The smallest absolute Gasteiger partial charge is 0.311 e. The lowest BCUT2D eigenvalue weighted by Crippen LogP contribution is -2.51. The second kappa shape index (κ2) is 10.9. The van der Waals surface area contributed by atoms with E-state index < -0.39 is 35.9 Å². The molecule has 0 amide bonds. The fraction of sp³-hybridized carbons (Fsp3) is 0.320. The predicted molar refractivity (Wildman–Crippen MR) is 131 cm³/mol. The zero-order chi connectivity index (χ0) is 23.9. The molecule has 0 saturated carbocycles. The van der Waals surface area contributed by atoms with Crippen LogP contribution in [0.15, 0.2) is 84.3 Å². The van der Waals surface area contributed by atoms with Gasteiger partial charge in [0.25, 0.3) is 0 Å². The van der Waals surface area contributed by atoms with E-state index in [2.05, 4.69) is 19.7 Å². The molecular weight excluding hydrogens is 440 g/mol. The minimum Gasteiger partial charge on any atom is -0.469 e. The maximum atomic E-state index is 12.7. The first-order chi connectivity index (χ1) is 15.0. The highest BCUT2D eigenvalue weighted by atomic mass is 32.2. The molecule has 0 saturated heterocycles. The Hall–Kier alpha value is -2.48. The Morgan fingerprint density at radius 2 is 1.72 bits per heavy atom. The summed E-state index contributed by atoms with van der Waals surface area (Å²) in [5.74, 6) is -1.72. The lowest BCUT2D eigenvalue weighted by molar-refractivity contribution is -0.148.